The highest BCUT2D eigenvalue weighted by Gasteiger charge is 2.21. The van der Waals surface area contributed by atoms with E-state index in [1.165, 1.54) is 32.1 Å². The molecule has 1 aliphatic carbocycles. The van der Waals surface area contributed by atoms with Crippen molar-refractivity contribution in [1.82, 2.24) is 9.97 Å². The van der Waals surface area contributed by atoms with Gasteiger partial charge in [0.05, 0.1) is 4.47 Å². The van der Waals surface area contributed by atoms with Crippen molar-refractivity contribution in [2.45, 2.75) is 51.5 Å². The summed E-state index contributed by atoms with van der Waals surface area (Å²) in [6.07, 6.45) is 9.50. The van der Waals surface area contributed by atoms with E-state index >= 15 is 0 Å². The Morgan fingerprint density at radius 1 is 1.37 bits per heavy atom. The molecule has 1 saturated carbocycles. The monoisotopic (exact) mass is 326 g/mol. The van der Waals surface area contributed by atoms with Gasteiger partial charge in [-0.15, -0.1) is 0 Å². The van der Waals surface area contributed by atoms with Crippen molar-refractivity contribution in [3.05, 3.63) is 10.7 Å². The lowest BCUT2D eigenvalue weighted by Gasteiger charge is -2.32. The quantitative estimate of drug-likeness (QED) is 0.892. The Morgan fingerprint density at radius 2 is 2.11 bits per heavy atom. The maximum Gasteiger partial charge on any atom is 0.224 e. The average molecular weight is 327 g/mol. The Labute approximate surface area is 124 Å². The van der Waals surface area contributed by atoms with Gasteiger partial charge in [-0.1, -0.05) is 26.2 Å². The molecule has 5 heteroatoms. The normalized spacial score (nSPS) is 16.4. The van der Waals surface area contributed by atoms with Gasteiger partial charge in [-0.05, 0) is 35.2 Å². The summed E-state index contributed by atoms with van der Waals surface area (Å²) in [5.74, 6) is 1.73. The minimum atomic E-state index is 0.610. The number of hydrogen-bond donors (Lipinski definition) is 1. The molecule has 1 aliphatic rings. The lowest BCUT2D eigenvalue weighted by molar-refractivity contribution is 0.425. The zero-order chi connectivity index (χ0) is 13.7. The molecule has 0 unspecified atom stereocenters. The molecule has 0 aromatic carbocycles. The van der Waals surface area contributed by atoms with Crippen LogP contribution in [0.4, 0.5) is 11.8 Å². The van der Waals surface area contributed by atoms with Crippen LogP contribution < -0.4 is 10.2 Å². The maximum absolute atomic E-state index is 4.64. The fourth-order valence-corrected chi connectivity index (χ4v) is 3.04. The first-order valence-electron chi connectivity index (χ1n) is 7.21. The van der Waals surface area contributed by atoms with Gasteiger partial charge in [0.1, 0.15) is 5.82 Å². The van der Waals surface area contributed by atoms with Crippen LogP contribution in [0.3, 0.4) is 0 Å². The molecule has 0 spiro atoms. The van der Waals surface area contributed by atoms with E-state index in [4.69, 9.17) is 0 Å². The topological polar surface area (TPSA) is 41.1 Å². The Hall–Kier alpha value is -0.840. The van der Waals surface area contributed by atoms with Crippen molar-refractivity contribution < 1.29 is 0 Å². The summed E-state index contributed by atoms with van der Waals surface area (Å²) in [5.41, 5.74) is 0. The molecule has 0 radical (unpaired) electrons. The number of rotatable bonds is 5. The summed E-state index contributed by atoms with van der Waals surface area (Å²) in [5, 5.41) is 3.25. The first kappa shape index (κ1) is 14.6. The molecule has 0 saturated heterocycles. The molecule has 1 N–H and O–H groups in total. The molecule has 0 atom stereocenters. The molecule has 0 amide bonds. The van der Waals surface area contributed by atoms with E-state index < -0.39 is 0 Å². The third kappa shape index (κ3) is 3.81. The Kier molecular flexibility index (Phi) is 5.43. The highest BCUT2D eigenvalue weighted by Crippen LogP contribution is 2.29. The van der Waals surface area contributed by atoms with Gasteiger partial charge in [0.15, 0.2) is 0 Å². The van der Waals surface area contributed by atoms with Crippen molar-refractivity contribution in [3.8, 4) is 0 Å². The van der Waals surface area contributed by atoms with Gasteiger partial charge in [-0.3, -0.25) is 0 Å². The van der Waals surface area contributed by atoms with Crippen LogP contribution in [-0.2, 0) is 0 Å². The summed E-state index contributed by atoms with van der Waals surface area (Å²) in [4.78, 5) is 11.3. The van der Waals surface area contributed by atoms with E-state index in [0.29, 0.717) is 6.04 Å². The molecular weight excluding hydrogens is 304 g/mol. The van der Waals surface area contributed by atoms with Crippen molar-refractivity contribution in [3.63, 3.8) is 0 Å². The fraction of sp³-hybridized carbons (Fsp3) is 0.714. The van der Waals surface area contributed by atoms with Crippen LogP contribution in [0.25, 0.3) is 0 Å². The summed E-state index contributed by atoms with van der Waals surface area (Å²) in [7, 11) is 2.15. The molecule has 4 nitrogen and oxygen atoms in total. The number of aromatic nitrogens is 2. The van der Waals surface area contributed by atoms with Crippen LogP contribution in [0.1, 0.15) is 45.4 Å². The predicted octanol–water partition coefficient (Wildman–Crippen LogP) is 3.83. The second-order valence-electron chi connectivity index (χ2n) is 5.19. The Morgan fingerprint density at radius 3 is 2.79 bits per heavy atom. The number of halogens is 1. The minimum Gasteiger partial charge on any atom is -0.356 e. The minimum absolute atomic E-state index is 0.610. The highest BCUT2D eigenvalue weighted by molar-refractivity contribution is 9.10. The van der Waals surface area contributed by atoms with Gasteiger partial charge < -0.3 is 10.2 Å². The smallest absolute Gasteiger partial charge is 0.224 e. The van der Waals surface area contributed by atoms with Gasteiger partial charge in [0, 0.05) is 25.8 Å². The number of anilines is 2. The molecule has 0 aliphatic heterocycles. The SMILES string of the molecule is CCCNc1ncc(Br)c(N(C)C2CCCCC2)n1. The zero-order valence-electron chi connectivity index (χ0n) is 11.8. The first-order valence-corrected chi connectivity index (χ1v) is 8.01. The summed E-state index contributed by atoms with van der Waals surface area (Å²) >= 11 is 3.57. The molecular formula is C14H23BrN4. The lowest BCUT2D eigenvalue weighted by atomic mass is 9.94. The third-order valence-electron chi connectivity index (χ3n) is 3.72. The Bertz CT molecular complexity index is 404. The molecule has 1 aromatic heterocycles. The van der Waals surface area contributed by atoms with Crippen molar-refractivity contribution >= 4 is 27.7 Å². The largest absolute Gasteiger partial charge is 0.356 e. The zero-order valence-corrected chi connectivity index (χ0v) is 13.4. The van der Waals surface area contributed by atoms with E-state index in [2.05, 4.69) is 50.1 Å². The third-order valence-corrected chi connectivity index (χ3v) is 4.27. The van der Waals surface area contributed by atoms with E-state index in [1.54, 1.807) is 0 Å². The maximum atomic E-state index is 4.64. The highest BCUT2D eigenvalue weighted by atomic mass is 79.9. The molecule has 1 heterocycles. The van der Waals surface area contributed by atoms with Crippen LogP contribution in [0.2, 0.25) is 0 Å². The van der Waals surface area contributed by atoms with Gasteiger partial charge in [0.2, 0.25) is 5.95 Å². The molecule has 1 aromatic rings. The fourth-order valence-electron chi connectivity index (χ4n) is 2.57. The predicted molar refractivity (Wildman–Crippen MR) is 83.8 cm³/mol. The van der Waals surface area contributed by atoms with Gasteiger partial charge in [0.25, 0.3) is 0 Å². The van der Waals surface area contributed by atoms with E-state index in [1.807, 2.05) is 6.20 Å². The van der Waals surface area contributed by atoms with Crippen LogP contribution >= 0.6 is 15.9 Å². The molecule has 2 rings (SSSR count). The second kappa shape index (κ2) is 7.08. The van der Waals surface area contributed by atoms with Crippen LogP contribution in [-0.4, -0.2) is 29.6 Å². The average Bonchev–Trinajstić information content (AvgIpc) is 2.46. The van der Waals surface area contributed by atoms with Crippen LogP contribution in [0.5, 0.6) is 0 Å². The molecule has 106 valence electrons. The second-order valence-corrected chi connectivity index (χ2v) is 6.05. The summed E-state index contributed by atoms with van der Waals surface area (Å²) in [6.45, 7) is 3.05. The lowest BCUT2D eigenvalue weighted by Crippen LogP contribution is -2.34. The van der Waals surface area contributed by atoms with E-state index in [-0.39, 0.29) is 0 Å². The number of nitrogens with zero attached hydrogens (tertiary/aromatic N) is 3. The van der Waals surface area contributed by atoms with Gasteiger partial charge in [-0.25, -0.2) is 4.98 Å². The summed E-state index contributed by atoms with van der Waals surface area (Å²) in [6, 6.07) is 0.610. The van der Waals surface area contributed by atoms with Crippen molar-refractivity contribution in [2.24, 2.45) is 0 Å². The standard InChI is InChI=1S/C14H23BrN4/c1-3-9-16-14-17-10-12(15)13(18-14)19(2)11-7-5-4-6-8-11/h10-11H,3-9H2,1-2H3,(H,16,17,18). The van der Waals surface area contributed by atoms with Gasteiger partial charge in [-0.2, -0.15) is 4.98 Å². The van der Waals surface area contributed by atoms with Crippen LogP contribution in [0, 0.1) is 0 Å². The van der Waals surface area contributed by atoms with Crippen LogP contribution in [0.15, 0.2) is 10.7 Å². The molecule has 1 fully saturated rings. The van der Waals surface area contributed by atoms with Gasteiger partial charge >= 0.3 is 0 Å². The van der Waals surface area contributed by atoms with Crippen molar-refractivity contribution in [1.29, 1.82) is 0 Å². The van der Waals surface area contributed by atoms with Crippen molar-refractivity contribution in [2.75, 3.05) is 23.8 Å². The summed E-state index contributed by atoms with van der Waals surface area (Å²) < 4.78 is 0.975. The molecule has 0 bridgehead atoms. The number of nitrogens with one attached hydrogen (secondary N) is 1. The number of hydrogen-bond acceptors (Lipinski definition) is 4. The molecule has 19 heavy (non-hydrogen) atoms. The van der Waals surface area contributed by atoms with E-state index in [9.17, 15) is 0 Å². The Balaban J connectivity index is 2.12. The van der Waals surface area contributed by atoms with E-state index in [0.717, 1.165) is 29.2 Å². The first-order chi connectivity index (χ1) is 9.22.